The lowest BCUT2D eigenvalue weighted by Gasteiger charge is -2.12. The van der Waals surface area contributed by atoms with E-state index in [1.165, 1.54) is 17.8 Å². The molecule has 3 rings (SSSR count). The van der Waals surface area contributed by atoms with Gasteiger partial charge in [-0.1, -0.05) is 23.9 Å². The van der Waals surface area contributed by atoms with Crippen LogP contribution in [0.25, 0.3) is 11.0 Å². The van der Waals surface area contributed by atoms with Crippen LogP contribution in [0.4, 0.5) is 4.39 Å². The van der Waals surface area contributed by atoms with Crippen LogP contribution in [-0.4, -0.2) is 15.1 Å². The highest BCUT2D eigenvalue weighted by Crippen LogP contribution is 2.34. The van der Waals surface area contributed by atoms with Crippen LogP contribution >= 0.6 is 11.8 Å². The average Bonchev–Trinajstić information content (AvgIpc) is 2.84. The lowest BCUT2D eigenvalue weighted by molar-refractivity contribution is 0.196. The Morgan fingerprint density at radius 3 is 2.76 bits per heavy atom. The number of hydrogen-bond acceptors (Lipinski definition) is 3. The predicted molar refractivity (Wildman–Crippen MR) is 82.0 cm³/mol. The SMILES string of the molecule is Cc1cc(Sc2nc3ccccc3[nH]2)c(C(C)O)cc1F. The van der Waals surface area contributed by atoms with Crippen LogP contribution in [0.2, 0.25) is 0 Å². The summed E-state index contributed by atoms with van der Waals surface area (Å²) in [4.78, 5) is 8.52. The van der Waals surface area contributed by atoms with Gasteiger partial charge in [-0.05, 0) is 49.2 Å². The number of H-pyrrole nitrogens is 1. The van der Waals surface area contributed by atoms with Gasteiger partial charge in [0.25, 0.3) is 0 Å². The Morgan fingerprint density at radius 1 is 1.29 bits per heavy atom. The number of aliphatic hydroxyl groups is 1. The zero-order valence-electron chi connectivity index (χ0n) is 11.7. The normalized spacial score (nSPS) is 12.8. The molecular formula is C16H15FN2OS. The molecule has 0 radical (unpaired) electrons. The smallest absolute Gasteiger partial charge is 0.171 e. The van der Waals surface area contributed by atoms with E-state index in [2.05, 4.69) is 9.97 Å². The molecule has 0 fully saturated rings. The molecule has 21 heavy (non-hydrogen) atoms. The van der Waals surface area contributed by atoms with Crippen LogP contribution in [0.1, 0.15) is 24.2 Å². The molecule has 108 valence electrons. The number of fused-ring (bicyclic) bond motifs is 1. The van der Waals surface area contributed by atoms with Crippen molar-refractivity contribution in [3.63, 3.8) is 0 Å². The maximum atomic E-state index is 13.7. The number of aryl methyl sites for hydroxylation is 1. The summed E-state index contributed by atoms with van der Waals surface area (Å²) < 4.78 is 13.7. The maximum Gasteiger partial charge on any atom is 0.171 e. The maximum absolute atomic E-state index is 13.7. The van der Waals surface area contributed by atoms with E-state index in [-0.39, 0.29) is 5.82 Å². The van der Waals surface area contributed by atoms with Gasteiger partial charge >= 0.3 is 0 Å². The molecule has 0 saturated carbocycles. The van der Waals surface area contributed by atoms with E-state index in [4.69, 9.17) is 0 Å². The van der Waals surface area contributed by atoms with Crippen molar-refractivity contribution < 1.29 is 9.50 Å². The van der Waals surface area contributed by atoms with Crippen LogP contribution in [0.15, 0.2) is 46.5 Å². The molecule has 1 heterocycles. The first-order valence-electron chi connectivity index (χ1n) is 6.65. The number of para-hydroxylation sites is 2. The number of aromatic amines is 1. The van der Waals surface area contributed by atoms with Gasteiger partial charge in [0.05, 0.1) is 17.1 Å². The van der Waals surface area contributed by atoms with E-state index in [1.807, 2.05) is 24.3 Å². The average molecular weight is 302 g/mol. The summed E-state index contributed by atoms with van der Waals surface area (Å²) >= 11 is 1.40. The Balaban J connectivity index is 2.02. The number of hydrogen-bond donors (Lipinski definition) is 2. The first kappa shape index (κ1) is 14.1. The van der Waals surface area contributed by atoms with E-state index < -0.39 is 6.10 Å². The van der Waals surface area contributed by atoms with Gasteiger partial charge in [0.1, 0.15) is 5.82 Å². The van der Waals surface area contributed by atoms with Crippen molar-refractivity contribution in [1.82, 2.24) is 9.97 Å². The highest BCUT2D eigenvalue weighted by Gasteiger charge is 2.14. The number of halogens is 1. The Kier molecular flexibility index (Phi) is 3.69. The third-order valence-corrected chi connectivity index (χ3v) is 4.28. The third-order valence-electron chi connectivity index (χ3n) is 3.32. The Morgan fingerprint density at radius 2 is 2.05 bits per heavy atom. The summed E-state index contributed by atoms with van der Waals surface area (Å²) in [7, 11) is 0. The summed E-state index contributed by atoms with van der Waals surface area (Å²) in [5.41, 5.74) is 2.97. The molecule has 0 aliphatic rings. The second-order valence-corrected chi connectivity index (χ2v) is 6.01. The molecule has 1 atom stereocenters. The van der Waals surface area contributed by atoms with Crippen LogP contribution < -0.4 is 0 Å². The predicted octanol–water partition coefficient (Wildman–Crippen LogP) is 4.21. The summed E-state index contributed by atoms with van der Waals surface area (Å²) in [6.07, 6.45) is -0.730. The minimum absolute atomic E-state index is 0.306. The zero-order valence-corrected chi connectivity index (χ0v) is 12.5. The van der Waals surface area contributed by atoms with Gasteiger partial charge < -0.3 is 10.1 Å². The molecule has 2 aromatic carbocycles. The van der Waals surface area contributed by atoms with Crippen LogP contribution in [0.3, 0.4) is 0 Å². The molecule has 1 unspecified atom stereocenters. The summed E-state index contributed by atoms with van der Waals surface area (Å²) in [5, 5.41) is 10.6. The van der Waals surface area contributed by atoms with Gasteiger partial charge in [0.2, 0.25) is 0 Å². The van der Waals surface area contributed by atoms with Crippen LogP contribution in [0.5, 0.6) is 0 Å². The lowest BCUT2D eigenvalue weighted by Crippen LogP contribution is -1.97. The lowest BCUT2D eigenvalue weighted by atomic mass is 10.1. The molecule has 1 aromatic heterocycles. The molecule has 5 heteroatoms. The Bertz CT molecular complexity index is 765. The van der Waals surface area contributed by atoms with Gasteiger partial charge in [0.15, 0.2) is 5.16 Å². The number of nitrogens with one attached hydrogen (secondary N) is 1. The van der Waals surface area contributed by atoms with E-state index in [1.54, 1.807) is 19.9 Å². The first-order valence-corrected chi connectivity index (χ1v) is 7.47. The third kappa shape index (κ3) is 2.80. The standard InChI is InChI=1S/C16H15FN2OS/c1-9-7-15(11(10(2)20)8-12(9)17)21-16-18-13-5-3-4-6-14(13)19-16/h3-8,10,20H,1-2H3,(H,18,19). The fourth-order valence-corrected chi connectivity index (χ4v) is 3.26. The molecule has 2 N–H and O–H groups in total. The van der Waals surface area contributed by atoms with Crippen molar-refractivity contribution in [2.24, 2.45) is 0 Å². The molecule has 0 aliphatic heterocycles. The van der Waals surface area contributed by atoms with Crippen LogP contribution in [0, 0.1) is 12.7 Å². The Hall–Kier alpha value is -1.85. The van der Waals surface area contributed by atoms with Gasteiger partial charge in [0, 0.05) is 4.90 Å². The highest BCUT2D eigenvalue weighted by atomic mass is 32.2. The van der Waals surface area contributed by atoms with Gasteiger partial charge in [-0.3, -0.25) is 0 Å². The van der Waals surface area contributed by atoms with Crippen molar-refractivity contribution >= 4 is 22.8 Å². The van der Waals surface area contributed by atoms with Crippen molar-refractivity contribution in [2.45, 2.75) is 30.0 Å². The summed E-state index contributed by atoms with van der Waals surface area (Å²) in [6.45, 7) is 3.34. The van der Waals surface area contributed by atoms with Gasteiger partial charge in [-0.25, -0.2) is 9.37 Å². The fourth-order valence-electron chi connectivity index (χ4n) is 2.17. The van der Waals surface area contributed by atoms with Crippen molar-refractivity contribution in [3.8, 4) is 0 Å². The summed E-state index contributed by atoms with van der Waals surface area (Å²) in [5.74, 6) is -0.306. The number of aromatic nitrogens is 2. The van der Waals surface area contributed by atoms with E-state index in [0.29, 0.717) is 11.1 Å². The highest BCUT2D eigenvalue weighted by molar-refractivity contribution is 7.99. The molecule has 3 nitrogen and oxygen atoms in total. The largest absolute Gasteiger partial charge is 0.389 e. The monoisotopic (exact) mass is 302 g/mol. The number of imidazole rings is 1. The minimum Gasteiger partial charge on any atom is -0.389 e. The summed E-state index contributed by atoms with van der Waals surface area (Å²) in [6, 6.07) is 10.9. The molecule has 0 saturated heterocycles. The number of aliphatic hydroxyl groups excluding tert-OH is 1. The van der Waals surface area contributed by atoms with E-state index in [9.17, 15) is 9.50 Å². The quantitative estimate of drug-likeness (QED) is 0.761. The molecule has 0 amide bonds. The zero-order chi connectivity index (χ0) is 15.0. The topological polar surface area (TPSA) is 48.9 Å². The first-order chi connectivity index (χ1) is 10.0. The second kappa shape index (κ2) is 5.50. The molecule has 3 aromatic rings. The number of benzene rings is 2. The van der Waals surface area contributed by atoms with E-state index in [0.717, 1.165) is 21.1 Å². The molecule has 0 aliphatic carbocycles. The van der Waals surface area contributed by atoms with Gasteiger partial charge in [-0.15, -0.1) is 0 Å². The van der Waals surface area contributed by atoms with Gasteiger partial charge in [-0.2, -0.15) is 0 Å². The molecule has 0 bridgehead atoms. The number of nitrogens with zero attached hydrogens (tertiary/aromatic N) is 1. The second-order valence-electron chi connectivity index (χ2n) is 4.98. The van der Waals surface area contributed by atoms with Crippen molar-refractivity contribution in [1.29, 1.82) is 0 Å². The van der Waals surface area contributed by atoms with Crippen molar-refractivity contribution in [3.05, 3.63) is 53.3 Å². The minimum atomic E-state index is -0.730. The molecule has 0 spiro atoms. The molecular weight excluding hydrogens is 287 g/mol. The van der Waals surface area contributed by atoms with Crippen LogP contribution in [-0.2, 0) is 0 Å². The Labute approximate surface area is 126 Å². The van der Waals surface area contributed by atoms with Crippen molar-refractivity contribution in [2.75, 3.05) is 0 Å². The van der Waals surface area contributed by atoms with E-state index >= 15 is 0 Å². The fraction of sp³-hybridized carbons (Fsp3) is 0.188. The number of rotatable bonds is 3.